The van der Waals surface area contributed by atoms with Crippen molar-refractivity contribution in [1.82, 2.24) is 0 Å². The predicted molar refractivity (Wildman–Crippen MR) is 62.3 cm³/mol. The van der Waals surface area contributed by atoms with Crippen molar-refractivity contribution in [2.75, 3.05) is 5.32 Å². The van der Waals surface area contributed by atoms with Gasteiger partial charge in [0.1, 0.15) is 0 Å². The van der Waals surface area contributed by atoms with E-state index in [2.05, 4.69) is 5.32 Å². The smallest absolute Gasteiger partial charge is 0.389 e. The molecule has 0 atom stereocenters. The maximum absolute atomic E-state index is 11.9. The Bertz CT molecular complexity index is 502. The van der Waals surface area contributed by atoms with Gasteiger partial charge in [0.15, 0.2) is 0 Å². The minimum Gasteiger partial charge on any atom is -0.478 e. The van der Waals surface area contributed by atoms with Crippen LogP contribution in [0.2, 0.25) is 5.02 Å². The lowest BCUT2D eigenvalue weighted by atomic mass is 10.1. The molecule has 19 heavy (non-hydrogen) atoms. The second kappa shape index (κ2) is 5.92. The van der Waals surface area contributed by atoms with Crippen molar-refractivity contribution in [2.24, 2.45) is 0 Å². The maximum Gasteiger partial charge on any atom is 0.389 e. The van der Waals surface area contributed by atoms with E-state index in [1.54, 1.807) is 0 Å². The molecule has 0 saturated carbocycles. The summed E-state index contributed by atoms with van der Waals surface area (Å²) in [4.78, 5) is 22.2. The number of anilines is 1. The molecule has 0 aliphatic rings. The zero-order chi connectivity index (χ0) is 14.6. The Morgan fingerprint density at radius 1 is 1.32 bits per heavy atom. The molecule has 1 rings (SSSR count). The van der Waals surface area contributed by atoms with Gasteiger partial charge in [0.2, 0.25) is 5.91 Å². The molecule has 8 heteroatoms. The first-order valence-corrected chi connectivity index (χ1v) is 5.46. The lowest BCUT2D eigenvalue weighted by molar-refractivity contribution is -0.142. The molecule has 0 unspecified atom stereocenters. The summed E-state index contributed by atoms with van der Waals surface area (Å²) in [5, 5.41) is 11.1. The van der Waals surface area contributed by atoms with E-state index in [0.29, 0.717) is 0 Å². The Morgan fingerprint density at radius 2 is 1.95 bits per heavy atom. The summed E-state index contributed by atoms with van der Waals surface area (Å²) in [6.45, 7) is 0. The van der Waals surface area contributed by atoms with Gasteiger partial charge < -0.3 is 10.4 Å². The highest BCUT2D eigenvalue weighted by atomic mass is 35.5. The normalized spacial score (nSPS) is 11.2. The number of nitrogens with one attached hydrogen (secondary N) is 1. The van der Waals surface area contributed by atoms with Crippen LogP contribution in [-0.2, 0) is 4.79 Å². The third-order valence-electron chi connectivity index (χ3n) is 2.12. The summed E-state index contributed by atoms with van der Waals surface area (Å²) >= 11 is 5.59. The van der Waals surface area contributed by atoms with E-state index < -0.39 is 30.9 Å². The fourth-order valence-corrected chi connectivity index (χ4v) is 1.44. The summed E-state index contributed by atoms with van der Waals surface area (Å²) in [7, 11) is 0. The monoisotopic (exact) mass is 295 g/mol. The summed E-state index contributed by atoms with van der Waals surface area (Å²) in [6.07, 6.45) is -6.48. The lowest BCUT2D eigenvalue weighted by Gasteiger charge is -2.10. The van der Waals surface area contributed by atoms with Crippen molar-refractivity contribution < 1.29 is 27.9 Å². The highest BCUT2D eigenvalue weighted by Gasteiger charge is 2.28. The highest BCUT2D eigenvalue weighted by molar-refractivity contribution is 6.31. The summed E-state index contributed by atoms with van der Waals surface area (Å²) < 4.78 is 35.8. The van der Waals surface area contributed by atoms with Crippen molar-refractivity contribution in [2.45, 2.75) is 19.0 Å². The van der Waals surface area contributed by atoms with Crippen LogP contribution in [-0.4, -0.2) is 23.2 Å². The Balaban J connectivity index is 2.77. The lowest BCUT2D eigenvalue weighted by Crippen LogP contribution is -2.18. The van der Waals surface area contributed by atoms with Gasteiger partial charge in [0, 0.05) is 11.4 Å². The van der Waals surface area contributed by atoms with Crippen molar-refractivity contribution in [3.8, 4) is 0 Å². The summed E-state index contributed by atoms with van der Waals surface area (Å²) in [6, 6.07) is 3.65. The van der Waals surface area contributed by atoms with E-state index in [9.17, 15) is 22.8 Å². The van der Waals surface area contributed by atoms with Crippen LogP contribution in [0, 0.1) is 0 Å². The molecule has 0 bridgehead atoms. The van der Waals surface area contributed by atoms with Gasteiger partial charge in [-0.15, -0.1) is 0 Å². The molecular formula is C11H9ClF3NO3. The first-order chi connectivity index (χ1) is 8.69. The third kappa shape index (κ3) is 5.17. The zero-order valence-corrected chi connectivity index (χ0v) is 10.2. The fourth-order valence-electron chi connectivity index (χ4n) is 1.27. The second-order valence-corrected chi connectivity index (χ2v) is 4.09. The Morgan fingerprint density at radius 3 is 2.47 bits per heavy atom. The Labute approximate surface area is 111 Å². The minimum absolute atomic E-state index is 0.0934. The molecule has 1 amide bonds. The number of aromatic carboxylic acids is 1. The van der Waals surface area contributed by atoms with Crippen molar-refractivity contribution in [3.05, 3.63) is 28.8 Å². The van der Waals surface area contributed by atoms with Gasteiger partial charge in [0.25, 0.3) is 0 Å². The number of carbonyl (C=O) groups is 2. The molecule has 0 aliphatic heterocycles. The quantitative estimate of drug-likeness (QED) is 0.895. The number of benzene rings is 1. The van der Waals surface area contributed by atoms with Gasteiger partial charge in [0.05, 0.1) is 17.7 Å². The molecule has 4 nitrogen and oxygen atoms in total. The standard InChI is InChI=1S/C11H9ClF3NO3/c12-6-1-2-8(7(5-6)10(18)19)16-9(17)3-4-11(13,14)15/h1-2,5H,3-4H2,(H,16,17)(H,18,19). The van der Waals surface area contributed by atoms with Crippen LogP contribution in [0.25, 0.3) is 0 Å². The Hall–Kier alpha value is -1.76. The van der Waals surface area contributed by atoms with Crippen molar-refractivity contribution in [1.29, 1.82) is 0 Å². The van der Waals surface area contributed by atoms with Crippen LogP contribution < -0.4 is 5.32 Å². The van der Waals surface area contributed by atoms with Crippen LogP contribution in [0.4, 0.5) is 18.9 Å². The fraction of sp³-hybridized carbons (Fsp3) is 0.273. The van der Waals surface area contributed by atoms with E-state index in [4.69, 9.17) is 16.7 Å². The predicted octanol–water partition coefficient (Wildman–Crippen LogP) is 3.32. The average molecular weight is 296 g/mol. The summed E-state index contributed by atoms with van der Waals surface area (Å²) in [5.41, 5.74) is -0.378. The van der Waals surface area contributed by atoms with E-state index >= 15 is 0 Å². The van der Waals surface area contributed by atoms with Gasteiger partial charge in [-0.25, -0.2) is 4.79 Å². The van der Waals surface area contributed by atoms with Crippen LogP contribution in [0.5, 0.6) is 0 Å². The van der Waals surface area contributed by atoms with Gasteiger partial charge in [-0.2, -0.15) is 13.2 Å². The SMILES string of the molecule is O=C(CCC(F)(F)F)Nc1ccc(Cl)cc1C(=O)O. The highest BCUT2D eigenvalue weighted by Crippen LogP contribution is 2.23. The van der Waals surface area contributed by atoms with Crippen LogP contribution in [0.1, 0.15) is 23.2 Å². The molecule has 1 aromatic rings. The molecule has 0 spiro atoms. The molecule has 2 N–H and O–H groups in total. The molecule has 0 saturated heterocycles. The molecule has 0 aliphatic carbocycles. The van der Waals surface area contributed by atoms with Crippen LogP contribution in [0.3, 0.4) is 0 Å². The van der Waals surface area contributed by atoms with E-state index in [0.717, 1.165) is 6.07 Å². The van der Waals surface area contributed by atoms with Gasteiger partial charge in [-0.3, -0.25) is 4.79 Å². The van der Waals surface area contributed by atoms with E-state index in [1.165, 1.54) is 12.1 Å². The first kappa shape index (κ1) is 15.3. The average Bonchev–Trinajstić information content (AvgIpc) is 2.28. The number of halogens is 4. The Kier molecular flexibility index (Phi) is 4.77. The van der Waals surface area contributed by atoms with Crippen molar-refractivity contribution in [3.63, 3.8) is 0 Å². The maximum atomic E-state index is 11.9. The number of carboxylic acid groups (broad SMARTS) is 1. The topological polar surface area (TPSA) is 66.4 Å². The molecular weight excluding hydrogens is 287 g/mol. The largest absolute Gasteiger partial charge is 0.478 e. The summed E-state index contributed by atoms with van der Waals surface area (Å²) in [5.74, 6) is -2.25. The number of amides is 1. The van der Waals surface area contributed by atoms with Gasteiger partial charge >= 0.3 is 12.1 Å². The molecule has 1 aromatic carbocycles. The van der Waals surface area contributed by atoms with Gasteiger partial charge in [-0.1, -0.05) is 11.6 Å². The molecule has 0 fully saturated rings. The number of carbonyl (C=O) groups excluding carboxylic acids is 1. The zero-order valence-electron chi connectivity index (χ0n) is 9.42. The minimum atomic E-state index is -4.44. The third-order valence-corrected chi connectivity index (χ3v) is 2.36. The molecule has 0 heterocycles. The number of carboxylic acids is 1. The van der Waals surface area contributed by atoms with Crippen molar-refractivity contribution >= 4 is 29.2 Å². The van der Waals surface area contributed by atoms with E-state index in [-0.39, 0.29) is 16.3 Å². The van der Waals surface area contributed by atoms with Crippen LogP contribution >= 0.6 is 11.6 Å². The molecule has 0 radical (unpaired) electrons. The number of rotatable bonds is 4. The van der Waals surface area contributed by atoms with Crippen LogP contribution in [0.15, 0.2) is 18.2 Å². The molecule has 104 valence electrons. The van der Waals surface area contributed by atoms with E-state index in [1.807, 2.05) is 0 Å². The number of alkyl halides is 3. The number of hydrogen-bond acceptors (Lipinski definition) is 2. The first-order valence-electron chi connectivity index (χ1n) is 5.08. The second-order valence-electron chi connectivity index (χ2n) is 3.66. The van der Waals surface area contributed by atoms with Gasteiger partial charge in [-0.05, 0) is 18.2 Å². The molecule has 0 aromatic heterocycles. The number of hydrogen-bond donors (Lipinski definition) is 2.